The van der Waals surface area contributed by atoms with Gasteiger partial charge in [-0.15, -0.1) is 10.2 Å². The van der Waals surface area contributed by atoms with Gasteiger partial charge in [-0.2, -0.15) is 0 Å². The highest BCUT2D eigenvalue weighted by atomic mass is 35.5. The summed E-state index contributed by atoms with van der Waals surface area (Å²) in [5.41, 5.74) is 6.80. The van der Waals surface area contributed by atoms with Crippen LogP contribution in [0.25, 0.3) is 11.4 Å². The van der Waals surface area contributed by atoms with Crippen molar-refractivity contribution in [2.75, 3.05) is 12.4 Å². The average Bonchev–Trinajstić information content (AvgIpc) is 3.21. The van der Waals surface area contributed by atoms with Crippen molar-refractivity contribution in [1.82, 2.24) is 25.6 Å². The van der Waals surface area contributed by atoms with E-state index in [2.05, 4.69) is 45.5 Å². The first-order valence-corrected chi connectivity index (χ1v) is 11.3. The first-order chi connectivity index (χ1) is 15.3. The molecule has 8 nitrogen and oxygen atoms in total. The molecule has 10 heteroatoms. The van der Waals surface area contributed by atoms with Gasteiger partial charge in [0.2, 0.25) is 5.91 Å². The topological polar surface area (TPSA) is 98.1 Å². The van der Waals surface area contributed by atoms with Crippen molar-refractivity contribution in [2.45, 2.75) is 31.0 Å². The van der Waals surface area contributed by atoms with Crippen LogP contribution in [0.4, 0.5) is 0 Å². The molecule has 3 aromatic rings. The first kappa shape index (κ1) is 22.2. The third kappa shape index (κ3) is 4.89. The highest BCUT2D eigenvalue weighted by molar-refractivity contribution is 7.99. The highest BCUT2D eigenvalue weighted by Crippen LogP contribution is 2.39. The minimum Gasteiger partial charge on any atom is -0.484 e. The molecule has 166 valence electrons. The molecular formula is C22H22ClN5O3S. The van der Waals surface area contributed by atoms with Crippen LogP contribution in [-0.2, 0) is 21.5 Å². The van der Waals surface area contributed by atoms with Crippen LogP contribution >= 0.6 is 23.4 Å². The van der Waals surface area contributed by atoms with Crippen molar-refractivity contribution in [1.29, 1.82) is 0 Å². The number of hydrogen-bond donors (Lipinski definition) is 2. The number of nitrogens with one attached hydrogen (secondary N) is 2. The Kier molecular flexibility index (Phi) is 6.38. The number of nitrogens with zero attached hydrogens (tertiary/aromatic N) is 3. The molecule has 1 aromatic heterocycles. The van der Waals surface area contributed by atoms with Gasteiger partial charge in [-0.25, -0.2) is 0 Å². The van der Waals surface area contributed by atoms with Crippen LogP contribution in [0.3, 0.4) is 0 Å². The van der Waals surface area contributed by atoms with Crippen LogP contribution < -0.4 is 15.6 Å². The zero-order chi connectivity index (χ0) is 22.7. The second-order valence-electron chi connectivity index (χ2n) is 7.92. The largest absolute Gasteiger partial charge is 0.484 e. The normalized spacial score (nSPS) is 13.6. The third-order valence-electron chi connectivity index (χ3n) is 4.98. The standard InChI is InChI=1S/C22H22ClN5O3S/c1-22(2)11-14-5-3-4-6-17(14)20-26-27-21(28(20)22)32-13-19(30)25-24-18(29)12-31-16-9-7-15(23)8-10-16/h3-10H,11-13H2,1-2H3,(H,24,29)(H,25,30). The lowest BCUT2D eigenvalue weighted by Gasteiger charge is -2.34. The average molecular weight is 472 g/mol. The van der Waals surface area contributed by atoms with E-state index in [1.165, 1.54) is 17.3 Å². The number of hydrazine groups is 1. The Morgan fingerprint density at radius 2 is 1.81 bits per heavy atom. The van der Waals surface area contributed by atoms with Gasteiger partial charge in [-0.1, -0.05) is 47.6 Å². The minimum absolute atomic E-state index is 0.0776. The van der Waals surface area contributed by atoms with E-state index in [0.717, 1.165) is 17.8 Å². The van der Waals surface area contributed by atoms with E-state index in [-0.39, 0.29) is 23.8 Å². The number of rotatable bonds is 6. The molecular weight excluding hydrogens is 450 g/mol. The monoisotopic (exact) mass is 471 g/mol. The maximum Gasteiger partial charge on any atom is 0.276 e. The van der Waals surface area contributed by atoms with Crippen LogP contribution in [0.5, 0.6) is 5.75 Å². The summed E-state index contributed by atoms with van der Waals surface area (Å²) in [4.78, 5) is 24.1. The van der Waals surface area contributed by atoms with Crippen LogP contribution in [0.15, 0.2) is 53.7 Å². The Bertz CT molecular complexity index is 1150. The fourth-order valence-electron chi connectivity index (χ4n) is 3.54. The molecule has 0 fully saturated rings. The SMILES string of the molecule is CC1(C)Cc2ccccc2-c2nnc(SCC(=O)NNC(=O)COc3ccc(Cl)cc3)n21. The molecule has 0 atom stereocenters. The van der Waals surface area contributed by atoms with E-state index in [0.29, 0.717) is 15.9 Å². The Labute approximate surface area is 194 Å². The summed E-state index contributed by atoms with van der Waals surface area (Å²) in [6, 6.07) is 14.8. The summed E-state index contributed by atoms with van der Waals surface area (Å²) in [5.74, 6) is 0.547. The van der Waals surface area contributed by atoms with Gasteiger partial charge in [0, 0.05) is 16.1 Å². The van der Waals surface area contributed by atoms with Crippen molar-refractivity contribution in [3.63, 3.8) is 0 Å². The zero-order valence-electron chi connectivity index (χ0n) is 17.6. The summed E-state index contributed by atoms with van der Waals surface area (Å²) in [5, 5.41) is 9.91. The molecule has 32 heavy (non-hydrogen) atoms. The molecule has 1 aliphatic heterocycles. The lowest BCUT2D eigenvalue weighted by molar-refractivity contribution is -0.128. The first-order valence-electron chi connectivity index (χ1n) is 9.96. The van der Waals surface area contributed by atoms with E-state index in [4.69, 9.17) is 16.3 Å². The van der Waals surface area contributed by atoms with Crippen LogP contribution in [0.2, 0.25) is 5.02 Å². The van der Waals surface area contributed by atoms with E-state index in [1.807, 2.05) is 18.2 Å². The molecule has 0 unspecified atom stereocenters. The van der Waals surface area contributed by atoms with Crippen molar-refractivity contribution >= 4 is 35.2 Å². The summed E-state index contributed by atoms with van der Waals surface area (Å²) in [7, 11) is 0. The van der Waals surface area contributed by atoms with Gasteiger partial charge in [0.1, 0.15) is 5.75 Å². The summed E-state index contributed by atoms with van der Waals surface area (Å²) >= 11 is 7.08. The molecule has 1 aliphatic rings. The molecule has 4 rings (SSSR count). The van der Waals surface area contributed by atoms with Gasteiger partial charge < -0.3 is 4.74 Å². The number of amides is 2. The molecule has 0 saturated heterocycles. The molecule has 0 bridgehead atoms. The van der Waals surface area contributed by atoms with E-state index in [9.17, 15) is 9.59 Å². The van der Waals surface area contributed by atoms with Gasteiger partial charge >= 0.3 is 0 Å². The summed E-state index contributed by atoms with van der Waals surface area (Å²) in [6.45, 7) is 4.02. The number of benzene rings is 2. The molecule has 0 aliphatic carbocycles. The number of carbonyl (C=O) groups is 2. The Morgan fingerprint density at radius 1 is 1.09 bits per heavy atom. The number of carbonyl (C=O) groups excluding carboxylic acids is 2. The van der Waals surface area contributed by atoms with E-state index >= 15 is 0 Å². The minimum atomic E-state index is -0.476. The Hall–Kier alpha value is -3.04. The maximum atomic E-state index is 12.2. The van der Waals surface area contributed by atoms with E-state index < -0.39 is 5.91 Å². The van der Waals surface area contributed by atoms with Crippen molar-refractivity contribution in [3.8, 4) is 17.1 Å². The lowest BCUT2D eigenvalue weighted by Crippen LogP contribution is -2.44. The molecule has 2 aromatic carbocycles. The van der Waals surface area contributed by atoms with Crippen molar-refractivity contribution < 1.29 is 14.3 Å². The molecule has 2 N–H and O–H groups in total. The van der Waals surface area contributed by atoms with Gasteiger partial charge in [-0.05, 0) is 50.1 Å². The number of halogens is 1. The number of aromatic nitrogens is 3. The summed E-state index contributed by atoms with van der Waals surface area (Å²) < 4.78 is 7.41. The van der Waals surface area contributed by atoms with Gasteiger partial charge in [-0.3, -0.25) is 25.0 Å². The Morgan fingerprint density at radius 3 is 2.59 bits per heavy atom. The fraction of sp³-hybridized carbons (Fsp3) is 0.273. The predicted octanol–water partition coefficient (Wildman–Crippen LogP) is 3.21. The highest BCUT2D eigenvalue weighted by Gasteiger charge is 2.34. The van der Waals surface area contributed by atoms with Crippen LogP contribution in [0, 0.1) is 0 Å². The maximum absolute atomic E-state index is 12.2. The third-order valence-corrected chi connectivity index (χ3v) is 6.16. The van der Waals surface area contributed by atoms with Gasteiger partial charge in [0.25, 0.3) is 5.91 Å². The molecule has 0 radical (unpaired) electrons. The van der Waals surface area contributed by atoms with Gasteiger partial charge in [0.15, 0.2) is 17.6 Å². The second kappa shape index (κ2) is 9.22. The molecule has 0 spiro atoms. The number of fused-ring (bicyclic) bond motifs is 3. The lowest BCUT2D eigenvalue weighted by atomic mass is 9.87. The predicted molar refractivity (Wildman–Crippen MR) is 122 cm³/mol. The molecule has 2 amide bonds. The number of hydrogen-bond acceptors (Lipinski definition) is 6. The smallest absolute Gasteiger partial charge is 0.276 e. The molecule has 2 heterocycles. The fourth-order valence-corrected chi connectivity index (χ4v) is 4.56. The van der Waals surface area contributed by atoms with Crippen molar-refractivity contribution in [2.24, 2.45) is 0 Å². The quantitative estimate of drug-likeness (QED) is 0.423. The van der Waals surface area contributed by atoms with E-state index in [1.54, 1.807) is 24.3 Å². The molecule has 0 saturated carbocycles. The Balaban J connectivity index is 1.30. The zero-order valence-corrected chi connectivity index (χ0v) is 19.2. The van der Waals surface area contributed by atoms with Crippen LogP contribution in [0.1, 0.15) is 19.4 Å². The summed E-state index contributed by atoms with van der Waals surface area (Å²) in [6.07, 6.45) is 0.845. The number of ether oxygens (including phenoxy) is 1. The second-order valence-corrected chi connectivity index (χ2v) is 9.29. The van der Waals surface area contributed by atoms with Crippen molar-refractivity contribution in [3.05, 3.63) is 59.1 Å². The number of thioether (sulfide) groups is 1. The van der Waals surface area contributed by atoms with Gasteiger partial charge in [0.05, 0.1) is 5.75 Å². The van der Waals surface area contributed by atoms with Crippen LogP contribution in [-0.4, -0.2) is 38.9 Å².